The van der Waals surface area contributed by atoms with Crippen molar-refractivity contribution in [3.05, 3.63) is 35.6 Å². The lowest BCUT2D eigenvalue weighted by Crippen LogP contribution is -2.52. The van der Waals surface area contributed by atoms with Gasteiger partial charge in [0.1, 0.15) is 5.82 Å². The van der Waals surface area contributed by atoms with Crippen LogP contribution in [0.4, 0.5) is 4.39 Å². The standard InChI is InChI=1S/C15H19FN2O3S/c16-13-3-1-12(2-4-13)15(19)18-8-6-17(7-9-18)14-5-10-22(20,21)11-14/h1-4,14H,5-11H2. The third-order valence-electron chi connectivity index (χ3n) is 4.42. The van der Waals surface area contributed by atoms with E-state index in [-0.39, 0.29) is 29.3 Å². The van der Waals surface area contributed by atoms with Gasteiger partial charge in [-0.1, -0.05) is 0 Å². The molecule has 0 aliphatic carbocycles. The van der Waals surface area contributed by atoms with Gasteiger partial charge in [0.05, 0.1) is 11.5 Å². The fourth-order valence-corrected chi connectivity index (χ4v) is 4.89. The molecule has 1 unspecified atom stereocenters. The van der Waals surface area contributed by atoms with Crippen LogP contribution in [-0.2, 0) is 9.84 Å². The summed E-state index contributed by atoms with van der Waals surface area (Å²) in [5.41, 5.74) is 0.485. The second kappa shape index (κ2) is 5.96. The van der Waals surface area contributed by atoms with Crippen LogP contribution in [-0.4, -0.2) is 67.9 Å². The normalized spacial score (nSPS) is 25.3. The summed E-state index contributed by atoms with van der Waals surface area (Å²) in [5.74, 6) is 0.0492. The number of rotatable bonds is 2. The minimum Gasteiger partial charge on any atom is -0.336 e. The van der Waals surface area contributed by atoms with Crippen molar-refractivity contribution >= 4 is 15.7 Å². The maximum Gasteiger partial charge on any atom is 0.253 e. The molecule has 5 nitrogen and oxygen atoms in total. The van der Waals surface area contributed by atoms with E-state index in [0.29, 0.717) is 38.2 Å². The number of carbonyl (C=O) groups is 1. The molecule has 0 N–H and O–H groups in total. The van der Waals surface area contributed by atoms with Crippen molar-refractivity contribution < 1.29 is 17.6 Å². The molecule has 2 aliphatic heterocycles. The van der Waals surface area contributed by atoms with Crippen molar-refractivity contribution in [3.63, 3.8) is 0 Å². The first-order valence-electron chi connectivity index (χ1n) is 7.44. The molecule has 0 bridgehead atoms. The summed E-state index contributed by atoms with van der Waals surface area (Å²) >= 11 is 0. The van der Waals surface area contributed by atoms with Crippen molar-refractivity contribution in [1.82, 2.24) is 9.80 Å². The smallest absolute Gasteiger partial charge is 0.253 e. The Hall–Kier alpha value is -1.47. The summed E-state index contributed by atoms with van der Waals surface area (Å²) in [6.45, 7) is 2.53. The zero-order valence-electron chi connectivity index (χ0n) is 12.2. The number of hydrogen-bond donors (Lipinski definition) is 0. The van der Waals surface area contributed by atoms with Gasteiger partial charge >= 0.3 is 0 Å². The molecule has 2 fully saturated rings. The maximum absolute atomic E-state index is 12.9. The first-order valence-corrected chi connectivity index (χ1v) is 9.26. The molecule has 0 saturated carbocycles. The number of nitrogens with zero attached hydrogens (tertiary/aromatic N) is 2. The zero-order chi connectivity index (χ0) is 15.7. The van der Waals surface area contributed by atoms with Gasteiger partial charge in [-0.05, 0) is 30.7 Å². The van der Waals surface area contributed by atoms with Gasteiger partial charge in [0, 0.05) is 37.8 Å². The van der Waals surface area contributed by atoms with E-state index in [4.69, 9.17) is 0 Å². The summed E-state index contributed by atoms with van der Waals surface area (Å²) in [6.07, 6.45) is 0.689. The molecule has 0 spiro atoms. The average molecular weight is 326 g/mol. The van der Waals surface area contributed by atoms with Crippen LogP contribution in [0.2, 0.25) is 0 Å². The second-order valence-corrected chi connectivity index (χ2v) is 8.12. The average Bonchev–Trinajstić information content (AvgIpc) is 2.88. The van der Waals surface area contributed by atoms with Crippen LogP contribution in [0.15, 0.2) is 24.3 Å². The summed E-state index contributed by atoms with van der Waals surface area (Å²) in [5, 5.41) is 0. The highest BCUT2D eigenvalue weighted by molar-refractivity contribution is 7.91. The predicted molar refractivity (Wildman–Crippen MR) is 80.9 cm³/mol. The lowest BCUT2D eigenvalue weighted by atomic mass is 10.1. The quantitative estimate of drug-likeness (QED) is 0.805. The van der Waals surface area contributed by atoms with E-state index in [1.807, 2.05) is 0 Å². The number of benzene rings is 1. The van der Waals surface area contributed by atoms with Crippen LogP contribution in [0.3, 0.4) is 0 Å². The fraction of sp³-hybridized carbons (Fsp3) is 0.533. The summed E-state index contributed by atoms with van der Waals surface area (Å²) in [6, 6.07) is 5.65. The highest BCUT2D eigenvalue weighted by Gasteiger charge is 2.34. The Morgan fingerprint density at radius 2 is 1.73 bits per heavy atom. The molecule has 120 valence electrons. The first kappa shape index (κ1) is 15.4. The topological polar surface area (TPSA) is 57.7 Å². The number of amides is 1. The molecule has 0 radical (unpaired) electrons. The minimum absolute atomic E-state index is 0.0908. The van der Waals surface area contributed by atoms with Crippen LogP contribution < -0.4 is 0 Å². The summed E-state index contributed by atoms with van der Waals surface area (Å²) < 4.78 is 36.0. The van der Waals surface area contributed by atoms with Gasteiger partial charge in [0.2, 0.25) is 0 Å². The third kappa shape index (κ3) is 3.30. The molecule has 1 amide bonds. The van der Waals surface area contributed by atoms with E-state index < -0.39 is 9.84 Å². The number of hydrogen-bond acceptors (Lipinski definition) is 4. The Bertz CT molecular complexity index is 652. The molecule has 7 heteroatoms. The van der Waals surface area contributed by atoms with Crippen LogP contribution in [0, 0.1) is 5.82 Å². The molecule has 3 rings (SSSR count). The molecule has 2 saturated heterocycles. The van der Waals surface area contributed by atoms with E-state index in [1.54, 1.807) is 4.90 Å². The lowest BCUT2D eigenvalue weighted by Gasteiger charge is -2.37. The molecule has 1 aromatic carbocycles. The Morgan fingerprint density at radius 1 is 1.09 bits per heavy atom. The van der Waals surface area contributed by atoms with Gasteiger partial charge in [0.25, 0.3) is 5.91 Å². The Kier molecular flexibility index (Phi) is 4.18. The highest BCUT2D eigenvalue weighted by Crippen LogP contribution is 2.20. The minimum atomic E-state index is -2.88. The van der Waals surface area contributed by atoms with E-state index >= 15 is 0 Å². The Labute approximate surface area is 129 Å². The molecule has 22 heavy (non-hydrogen) atoms. The number of halogens is 1. The largest absolute Gasteiger partial charge is 0.336 e. The molecule has 2 heterocycles. The highest BCUT2D eigenvalue weighted by atomic mass is 32.2. The van der Waals surface area contributed by atoms with Gasteiger partial charge in [0.15, 0.2) is 9.84 Å². The second-order valence-electron chi connectivity index (χ2n) is 5.89. The monoisotopic (exact) mass is 326 g/mol. The van der Waals surface area contributed by atoms with Crippen molar-refractivity contribution in [1.29, 1.82) is 0 Å². The van der Waals surface area contributed by atoms with Crippen LogP contribution >= 0.6 is 0 Å². The van der Waals surface area contributed by atoms with E-state index in [1.165, 1.54) is 24.3 Å². The number of carbonyl (C=O) groups excluding carboxylic acids is 1. The SMILES string of the molecule is O=C(c1ccc(F)cc1)N1CCN(C2CCS(=O)(=O)C2)CC1. The van der Waals surface area contributed by atoms with Crippen molar-refractivity contribution in [2.45, 2.75) is 12.5 Å². The number of sulfone groups is 1. The van der Waals surface area contributed by atoms with Gasteiger partial charge in [-0.2, -0.15) is 0 Å². The first-order chi connectivity index (χ1) is 10.4. The summed E-state index contributed by atoms with van der Waals surface area (Å²) in [4.78, 5) is 16.2. The molecular weight excluding hydrogens is 307 g/mol. The van der Waals surface area contributed by atoms with Crippen LogP contribution in [0.1, 0.15) is 16.8 Å². The van der Waals surface area contributed by atoms with Crippen LogP contribution in [0.5, 0.6) is 0 Å². The lowest BCUT2D eigenvalue weighted by molar-refractivity contribution is 0.0588. The maximum atomic E-state index is 12.9. The zero-order valence-corrected chi connectivity index (χ0v) is 13.1. The molecule has 2 aliphatic rings. The summed E-state index contributed by atoms with van der Waals surface area (Å²) in [7, 11) is -2.88. The van der Waals surface area contributed by atoms with Gasteiger partial charge < -0.3 is 4.90 Å². The van der Waals surface area contributed by atoms with E-state index in [9.17, 15) is 17.6 Å². The van der Waals surface area contributed by atoms with Crippen molar-refractivity contribution in [2.24, 2.45) is 0 Å². The Balaban J connectivity index is 1.57. The van der Waals surface area contributed by atoms with E-state index in [0.717, 1.165) is 0 Å². The fourth-order valence-electron chi connectivity index (χ4n) is 3.13. The van der Waals surface area contributed by atoms with Gasteiger partial charge in [-0.25, -0.2) is 12.8 Å². The number of piperazine rings is 1. The van der Waals surface area contributed by atoms with Crippen molar-refractivity contribution in [2.75, 3.05) is 37.7 Å². The predicted octanol–water partition coefficient (Wildman–Crippen LogP) is 0.771. The van der Waals surface area contributed by atoms with Gasteiger partial charge in [-0.3, -0.25) is 9.69 Å². The molecule has 0 aromatic heterocycles. The Morgan fingerprint density at radius 3 is 2.27 bits per heavy atom. The van der Waals surface area contributed by atoms with Crippen LogP contribution in [0.25, 0.3) is 0 Å². The van der Waals surface area contributed by atoms with Crippen molar-refractivity contribution in [3.8, 4) is 0 Å². The molecule has 1 atom stereocenters. The molecular formula is C15H19FN2O3S. The third-order valence-corrected chi connectivity index (χ3v) is 6.17. The molecule has 1 aromatic rings. The van der Waals surface area contributed by atoms with Gasteiger partial charge in [-0.15, -0.1) is 0 Å². The van der Waals surface area contributed by atoms with E-state index in [2.05, 4.69) is 4.90 Å².